The van der Waals surface area contributed by atoms with E-state index in [-0.39, 0.29) is 11.5 Å². The second-order valence-electron chi connectivity index (χ2n) is 4.95. The molecule has 2 N–H and O–H groups in total. The zero-order chi connectivity index (χ0) is 17.4. The molecule has 0 atom stereocenters. The Morgan fingerprint density at radius 1 is 1.25 bits per heavy atom. The summed E-state index contributed by atoms with van der Waals surface area (Å²) in [6, 6.07) is 5.54. The van der Waals surface area contributed by atoms with Crippen LogP contribution in [0.3, 0.4) is 0 Å². The number of aromatic nitrogens is 3. The minimum atomic E-state index is -0.307. The van der Waals surface area contributed by atoms with Gasteiger partial charge in [0, 0.05) is 0 Å². The first-order valence-electron chi connectivity index (χ1n) is 7.76. The minimum Gasteiger partial charge on any atom is -0.490 e. The molecule has 0 bridgehead atoms. The summed E-state index contributed by atoms with van der Waals surface area (Å²) in [6.07, 6.45) is 2.51. The van der Waals surface area contributed by atoms with E-state index in [1.54, 1.807) is 13.1 Å². The molecular formula is C16H21N5O3. The van der Waals surface area contributed by atoms with Gasteiger partial charge in [-0.15, -0.1) is 10.2 Å². The first-order valence-corrected chi connectivity index (χ1v) is 7.76. The van der Waals surface area contributed by atoms with Crippen molar-refractivity contribution in [3.63, 3.8) is 0 Å². The lowest BCUT2D eigenvalue weighted by atomic mass is 10.2. The monoisotopic (exact) mass is 331 g/mol. The molecule has 1 aromatic heterocycles. The second-order valence-corrected chi connectivity index (χ2v) is 4.95. The molecular weight excluding hydrogens is 310 g/mol. The van der Waals surface area contributed by atoms with Crippen LogP contribution in [-0.4, -0.2) is 34.6 Å². The molecule has 0 amide bonds. The van der Waals surface area contributed by atoms with Crippen molar-refractivity contribution in [2.24, 2.45) is 5.10 Å². The zero-order valence-electron chi connectivity index (χ0n) is 14.0. The number of nitrogens with one attached hydrogen (secondary N) is 2. The van der Waals surface area contributed by atoms with Crippen molar-refractivity contribution in [1.82, 2.24) is 15.2 Å². The highest BCUT2D eigenvalue weighted by Gasteiger charge is 2.05. The Balaban J connectivity index is 2.09. The van der Waals surface area contributed by atoms with E-state index in [0.717, 1.165) is 12.0 Å². The number of hydrogen-bond acceptors (Lipinski definition) is 7. The summed E-state index contributed by atoms with van der Waals surface area (Å²) in [7, 11) is 0. The number of aryl methyl sites for hydroxylation is 1. The normalized spacial score (nSPS) is 10.8. The number of hydrogen-bond donors (Lipinski definition) is 2. The van der Waals surface area contributed by atoms with Crippen LogP contribution in [0.5, 0.6) is 11.5 Å². The predicted octanol–water partition coefficient (Wildman–Crippen LogP) is 2.11. The molecule has 24 heavy (non-hydrogen) atoms. The Labute approximate surface area is 139 Å². The molecule has 2 rings (SSSR count). The molecule has 0 unspecified atom stereocenters. The summed E-state index contributed by atoms with van der Waals surface area (Å²) in [5.41, 5.74) is 3.44. The van der Waals surface area contributed by atoms with Gasteiger partial charge in [0.1, 0.15) is 5.69 Å². The lowest BCUT2D eigenvalue weighted by Crippen LogP contribution is -2.15. The van der Waals surface area contributed by atoms with Gasteiger partial charge < -0.3 is 9.47 Å². The summed E-state index contributed by atoms with van der Waals surface area (Å²) in [5.74, 6) is 1.55. The molecule has 2 aromatic rings. The van der Waals surface area contributed by atoms with Crippen LogP contribution in [0.15, 0.2) is 28.1 Å². The van der Waals surface area contributed by atoms with Gasteiger partial charge in [0.25, 0.3) is 5.56 Å². The van der Waals surface area contributed by atoms with Crippen molar-refractivity contribution in [1.29, 1.82) is 0 Å². The van der Waals surface area contributed by atoms with Crippen LogP contribution in [0, 0.1) is 6.92 Å². The van der Waals surface area contributed by atoms with Crippen LogP contribution in [0.1, 0.15) is 31.5 Å². The molecule has 1 heterocycles. The maximum Gasteiger partial charge on any atom is 0.274 e. The van der Waals surface area contributed by atoms with Gasteiger partial charge in [-0.25, -0.2) is 5.43 Å². The average molecular weight is 331 g/mol. The summed E-state index contributed by atoms with van der Waals surface area (Å²) >= 11 is 0. The van der Waals surface area contributed by atoms with Gasteiger partial charge in [-0.05, 0) is 44.0 Å². The molecule has 1 aromatic carbocycles. The molecule has 0 aliphatic heterocycles. The maximum atomic E-state index is 11.4. The molecule has 0 saturated carbocycles. The Bertz CT molecular complexity index is 758. The van der Waals surface area contributed by atoms with Gasteiger partial charge in [-0.1, -0.05) is 6.92 Å². The first-order chi connectivity index (χ1) is 11.6. The van der Waals surface area contributed by atoms with Crippen LogP contribution in [0.4, 0.5) is 5.95 Å². The van der Waals surface area contributed by atoms with E-state index in [9.17, 15) is 4.79 Å². The quantitative estimate of drug-likeness (QED) is 0.567. The van der Waals surface area contributed by atoms with Crippen LogP contribution in [0.25, 0.3) is 0 Å². The molecule has 128 valence electrons. The minimum absolute atomic E-state index is 0.176. The van der Waals surface area contributed by atoms with Gasteiger partial charge in [0.2, 0.25) is 5.95 Å². The van der Waals surface area contributed by atoms with Crippen molar-refractivity contribution in [3.05, 3.63) is 39.8 Å². The van der Waals surface area contributed by atoms with E-state index in [1.807, 2.05) is 32.0 Å². The summed E-state index contributed by atoms with van der Waals surface area (Å²) < 4.78 is 11.2. The van der Waals surface area contributed by atoms with E-state index in [4.69, 9.17) is 9.47 Å². The Morgan fingerprint density at radius 3 is 2.79 bits per heavy atom. The molecule has 0 aliphatic carbocycles. The Hall–Kier alpha value is -2.90. The third-order valence-corrected chi connectivity index (χ3v) is 2.97. The number of benzene rings is 1. The average Bonchev–Trinajstić information content (AvgIpc) is 2.58. The fraction of sp³-hybridized carbons (Fsp3) is 0.375. The molecule has 0 spiro atoms. The zero-order valence-corrected chi connectivity index (χ0v) is 14.0. The first kappa shape index (κ1) is 17.5. The summed E-state index contributed by atoms with van der Waals surface area (Å²) in [4.78, 5) is 14.0. The van der Waals surface area contributed by atoms with E-state index < -0.39 is 0 Å². The smallest absolute Gasteiger partial charge is 0.274 e. The standard InChI is InChI=1S/C16H21N5O3/c1-4-8-24-13-7-6-12(9-14(13)23-5-2)10-17-20-16-18-15(22)11(3)19-21-16/h6-7,9-10H,4-5,8H2,1-3H3,(H2,18,20,21,22)/b17-10+. The summed E-state index contributed by atoms with van der Waals surface area (Å²) in [6.45, 7) is 6.72. The molecule has 0 fully saturated rings. The predicted molar refractivity (Wildman–Crippen MR) is 92.0 cm³/mol. The fourth-order valence-corrected chi connectivity index (χ4v) is 1.82. The van der Waals surface area contributed by atoms with Crippen LogP contribution >= 0.6 is 0 Å². The van der Waals surface area contributed by atoms with Crippen LogP contribution in [-0.2, 0) is 0 Å². The Morgan fingerprint density at radius 2 is 2.08 bits per heavy atom. The molecule has 0 radical (unpaired) electrons. The SMILES string of the molecule is CCCOc1ccc(/C=N/Nc2nnc(C)c(=O)[nH]2)cc1OCC. The van der Waals surface area contributed by atoms with Gasteiger partial charge in [0.15, 0.2) is 11.5 Å². The lowest BCUT2D eigenvalue weighted by molar-refractivity contribution is 0.277. The van der Waals surface area contributed by atoms with Crippen molar-refractivity contribution in [2.75, 3.05) is 18.6 Å². The van der Waals surface area contributed by atoms with Crippen LogP contribution in [0.2, 0.25) is 0 Å². The maximum absolute atomic E-state index is 11.4. The number of H-pyrrole nitrogens is 1. The third kappa shape index (κ3) is 4.80. The van der Waals surface area contributed by atoms with Crippen LogP contribution < -0.4 is 20.5 Å². The van der Waals surface area contributed by atoms with Crippen molar-refractivity contribution >= 4 is 12.2 Å². The van der Waals surface area contributed by atoms with Crippen molar-refractivity contribution in [2.45, 2.75) is 27.2 Å². The highest BCUT2D eigenvalue weighted by molar-refractivity contribution is 5.81. The van der Waals surface area contributed by atoms with Crippen molar-refractivity contribution in [3.8, 4) is 11.5 Å². The fourth-order valence-electron chi connectivity index (χ4n) is 1.82. The van der Waals surface area contributed by atoms with Gasteiger partial charge >= 0.3 is 0 Å². The molecule has 8 nitrogen and oxygen atoms in total. The summed E-state index contributed by atoms with van der Waals surface area (Å²) in [5, 5.41) is 11.5. The van der Waals surface area contributed by atoms with E-state index in [0.29, 0.717) is 30.4 Å². The molecule has 0 saturated heterocycles. The van der Waals surface area contributed by atoms with Gasteiger partial charge in [-0.3, -0.25) is 9.78 Å². The van der Waals surface area contributed by atoms with Crippen molar-refractivity contribution < 1.29 is 9.47 Å². The molecule has 0 aliphatic rings. The Kier molecular flexibility index (Phi) is 6.30. The van der Waals surface area contributed by atoms with E-state index in [2.05, 4.69) is 25.7 Å². The van der Waals surface area contributed by atoms with E-state index in [1.165, 1.54) is 0 Å². The number of aromatic amines is 1. The number of ether oxygens (including phenoxy) is 2. The third-order valence-electron chi connectivity index (χ3n) is 2.97. The number of anilines is 1. The number of hydrazone groups is 1. The van der Waals surface area contributed by atoms with E-state index >= 15 is 0 Å². The largest absolute Gasteiger partial charge is 0.490 e. The molecule has 8 heteroatoms. The highest BCUT2D eigenvalue weighted by atomic mass is 16.5. The number of rotatable bonds is 8. The lowest BCUT2D eigenvalue weighted by Gasteiger charge is -2.11. The highest BCUT2D eigenvalue weighted by Crippen LogP contribution is 2.28. The second kappa shape index (κ2) is 8.66. The van der Waals surface area contributed by atoms with Gasteiger partial charge in [0.05, 0.1) is 19.4 Å². The van der Waals surface area contributed by atoms with Gasteiger partial charge in [-0.2, -0.15) is 5.10 Å². The number of nitrogens with zero attached hydrogens (tertiary/aromatic N) is 3. The topological polar surface area (TPSA) is 101 Å².